The van der Waals surface area contributed by atoms with Gasteiger partial charge in [0.05, 0.1) is 16.9 Å². The summed E-state index contributed by atoms with van der Waals surface area (Å²) >= 11 is 0. The molecular weight excluding hydrogens is 397 g/mol. The van der Waals surface area contributed by atoms with Crippen molar-refractivity contribution in [3.05, 3.63) is 77.4 Å². The number of carbonyl (C=O) groups excluding carboxylic acids is 3. The van der Waals surface area contributed by atoms with Crippen LogP contribution in [0.15, 0.2) is 54.6 Å². The molecule has 0 bridgehead atoms. The number of nitrogens with one attached hydrogen (secondary N) is 1. The standard InChI is InChI=1S/C24H22FN3O3/c1-15-14-19(16(2)27(15)21-7-4-3-6-20(21)25)24(31)26-17-10-12-18(13-11-17)28-22(29)8-5-9-23(28)30/h3-4,6-7,10-14H,5,8-9H2,1-2H3,(H,26,31). The largest absolute Gasteiger partial charge is 0.322 e. The van der Waals surface area contributed by atoms with Crippen LogP contribution in [0.2, 0.25) is 0 Å². The molecule has 7 heteroatoms. The molecule has 0 radical (unpaired) electrons. The van der Waals surface area contributed by atoms with Crippen molar-refractivity contribution in [3.63, 3.8) is 0 Å². The molecule has 31 heavy (non-hydrogen) atoms. The monoisotopic (exact) mass is 419 g/mol. The third kappa shape index (κ3) is 3.86. The fourth-order valence-corrected chi connectivity index (χ4v) is 3.93. The molecule has 2 aromatic carbocycles. The van der Waals surface area contributed by atoms with Gasteiger partial charge in [-0.1, -0.05) is 12.1 Å². The van der Waals surface area contributed by atoms with Gasteiger partial charge in [-0.2, -0.15) is 0 Å². The molecule has 0 aliphatic carbocycles. The lowest BCUT2D eigenvalue weighted by Crippen LogP contribution is -2.40. The number of anilines is 2. The molecule has 1 fully saturated rings. The lowest BCUT2D eigenvalue weighted by Gasteiger charge is -2.24. The van der Waals surface area contributed by atoms with Gasteiger partial charge in [0.15, 0.2) is 0 Å². The zero-order valence-corrected chi connectivity index (χ0v) is 17.3. The number of nitrogens with zero attached hydrogens (tertiary/aromatic N) is 2. The molecule has 2 heterocycles. The highest BCUT2D eigenvalue weighted by molar-refractivity contribution is 6.16. The first kappa shape index (κ1) is 20.5. The van der Waals surface area contributed by atoms with Crippen LogP contribution in [-0.4, -0.2) is 22.3 Å². The molecule has 4 rings (SSSR count). The maximum Gasteiger partial charge on any atom is 0.257 e. The molecule has 1 saturated heterocycles. The summed E-state index contributed by atoms with van der Waals surface area (Å²) in [5.41, 5.74) is 3.21. The first-order valence-electron chi connectivity index (χ1n) is 10.1. The third-order valence-corrected chi connectivity index (χ3v) is 5.43. The number of carbonyl (C=O) groups is 3. The van der Waals surface area contributed by atoms with Crippen LogP contribution in [0.5, 0.6) is 0 Å². The number of imide groups is 1. The quantitative estimate of drug-likeness (QED) is 0.632. The summed E-state index contributed by atoms with van der Waals surface area (Å²) in [6.07, 6.45) is 1.28. The first-order valence-corrected chi connectivity index (χ1v) is 10.1. The smallest absolute Gasteiger partial charge is 0.257 e. The van der Waals surface area contributed by atoms with Crippen molar-refractivity contribution in [1.82, 2.24) is 4.57 Å². The summed E-state index contributed by atoms with van der Waals surface area (Å²) in [5.74, 6) is -1.12. The van der Waals surface area contributed by atoms with Gasteiger partial charge in [0.1, 0.15) is 5.82 Å². The number of piperidine rings is 1. The molecule has 1 aliphatic heterocycles. The lowest BCUT2D eigenvalue weighted by molar-refractivity contribution is -0.129. The minimum absolute atomic E-state index is 0.214. The van der Waals surface area contributed by atoms with Gasteiger partial charge in [0.2, 0.25) is 11.8 Å². The van der Waals surface area contributed by atoms with Crippen molar-refractivity contribution in [2.24, 2.45) is 0 Å². The summed E-state index contributed by atoms with van der Waals surface area (Å²) in [4.78, 5) is 38.2. The van der Waals surface area contributed by atoms with Gasteiger partial charge in [-0.3, -0.25) is 19.3 Å². The number of halogens is 1. The first-order chi connectivity index (χ1) is 14.9. The Morgan fingerprint density at radius 3 is 2.26 bits per heavy atom. The number of hydrogen-bond donors (Lipinski definition) is 1. The fourth-order valence-electron chi connectivity index (χ4n) is 3.93. The van der Waals surface area contributed by atoms with E-state index in [0.717, 1.165) is 5.69 Å². The van der Waals surface area contributed by atoms with Gasteiger partial charge >= 0.3 is 0 Å². The maximum absolute atomic E-state index is 14.3. The Morgan fingerprint density at radius 2 is 1.61 bits per heavy atom. The van der Waals surface area contributed by atoms with Crippen LogP contribution in [0.4, 0.5) is 15.8 Å². The zero-order chi connectivity index (χ0) is 22.1. The lowest BCUT2D eigenvalue weighted by atomic mass is 10.1. The van der Waals surface area contributed by atoms with Gasteiger partial charge < -0.3 is 9.88 Å². The van der Waals surface area contributed by atoms with E-state index in [9.17, 15) is 18.8 Å². The summed E-state index contributed by atoms with van der Waals surface area (Å²) < 4.78 is 16.0. The Hall–Kier alpha value is -3.74. The minimum atomic E-state index is -0.367. The van der Waals surface area contributed by atoms with Crippen LogP contribution >= 0.6 is 0 Å². The molecule has 0 unspecified atom stereocenters. The highest BCUT2D eigenvalue weighted by Crippen LogP contribution is 2.26. The van der Waals surface area contributed by atoms with Crippen molar-refractivity contribution < 1.29 is 18.8 Å². The fraction of sp³-hybridized carbons (Fsp3) is 0.208. The van der Waals surface area contributed by atoms with Gasteiger partial charge in [-0.25, -0.2) is 4.39 Å². The molecule has 3 amide bonds. The van der Waals surface area contributed by atoms with Crippen molar-refractivity contribution in [2.45, 2.75) is 33.1 Å². The second-order valence-corrected chi connectivity index (χ2v) is 7.55. The van der Waals surface area contributed by atoms with E-state index >= 15 is 0 Å². The Bertz CT molecular complexity index is 1170. The summed E-state index contributed by atoms with van der Waals surface area (Å²) in [6, 6.07) is 14.7. The Kier molecular flexibility index (Phi) is 5.42. The van der Waals surface area contributed by atoms with Crippen molar-refractivity contribution in [3.8, 4) is 5.69 Å². The third-order valence-electron chi connectivity index (χ3n) is 5.43. The van der Waals surface area contributed by atoms with Crippen LogP contribution in [0.3, 0.4) is 0 Å². The normalized spacial score (nSPS) is 14.1. The molecule has 0 saturated carbocycles. The highest BCUT2D eigenvalue weighted by atomic mass is 19.1. The molecule has 1 aliphatic rings. The molecule has 6 nitrogen and oxygen atoms in total. The van der Waals surface area contributed by atoms with E-state index in [0.29, 0.717) is 47.6 Å². The summed E-state index contributed by atoms with van der Waals surface area (Å²) in [6.45, 7) is 3.59. The summed E-state index contributed by atoms with van der Waals surface area (Å²) in [5, 5.41) is 2.82. The molecule has 1 aromatic heterocycles. The second-order valence-electron chi connectivity index (χ2n) is 7.55. The Balaban J connectivity index is 1.55. The van der Waals surface area contributed by atoms with E-state index in [1.165, 1.54) is 11.0 Å². The number of benzene rings is 2. The predicted molar refractivity (Wildman–Crippen MR) is 116 cm³/mol. The van der Waals surface area contributed by atoms with Crippen molar-refractivity contribution >= 4 is 29.1 Å². The van der Waals surface area contributed by atoms with E-state index in [-0.39, 0.29) is 23.5 Å². The van der Waals surface area contributed by atoms with Gasteiger partial charge in [0.25, 0.3) is 5.91 Å². The zero-order valence-electron chi connectivity index (χ0n) is 17.3. The number of para-hydroxylation sites is 1. The maximum atomic E-state index is 14.3. The van der Waals surface area contributed by atoms with Crippen LogP contribution in [-0.2, 0) is 9.59 Å². The number of rotatable bonds is 4. The van der Waals surface area contributed by atoms with Crippen LogP contribution in [0.1, 0.15) is 41.0 Å². The molecule has 158 valence electrons. The number of amides is 3. The van der Waals surface area contributed by atoms with Crippen LogP contribution in [0.25, 0.3) is 5.69 Å². The number of hydrogen-bond acceptors (Lipinski definition) is 3. The van der Waals surface area contributed by atoms with E-state index in [1.807, 2.05) is 6.92 Å². The minimum Gasteiger partial charge on any atom is -0.322 e. The van der Waals surface area contributed by atoms with Crippen molar-refractivity contribution in [1.29, 1.82) is 0 Å². The predicted octanol–water partition coefficient (Wildman–Crippen LogP) is 4.53. The van der Waals surface area contributed by atoms with Gasteiger partial charge in [-0.15, -0.1) is 0 Å². The molecule has 3 aromatic rings. The summed E-state index contributed by atoms with van der Waals surface area (Å²) in [7, 11) is 0. The van der Waals surface area contributed by atoms with Gasteiger partial charge in [-0.05, 0) is 62.7 Å². The van der Waals surface area contributed by atoms with Crippen molar-refractivity contribution in [2.75, 3.05) is 10.2 Å². The number of aryl methyl sites for hydroxylation is 1. The highest BCUT2D eigenvalue weighted by Gasteiger charge is 2.27. The van der Waals surface area contributed by atoms with E-state index in [2.05, 4.69) is 5.32 Å². The average molecular weight is 419 g/mol. The van der Waals surface area contributed by atoms with E-state index < -0.39 is 0 Å². The average Bonchev–Trinajstić information content (AvgIpc) is 3.04. The van der Waals surface area contributed by atoms with Gasteiger partial charge in [0, 0.05) is 29.9 Å². The molecule has 0 spiro atoms. The van der Waals surface area contributed by atoms with Crippen LogP contribution in [0, 0.1) is 19.7 Å². The number of aromatic nitrogens is 1. The van der Waals surface area contributed by atoms with Crippen LogP contribution < -0.4 is 10.2 Å². The SMILES string of the molecule is Cc1cc(C(=O)Nc2ccc(N3C(=O)CCCC3=O)cc2)c(C)n1-c1ccccc1F. The molecule has 1 N–H and O–H groups in total. The Morgan fingerprint density at radius 1 is 0.968 bits per heavy atom. The van der Waals surface area contributed by atoms with E-state index in [4.69, 9.17) is 0 Å². The topological polar surface area (TPSA) is 71.4 Å². The second kappa shape index (κ2) is 8.18. The molecule has 0 atom stereocenters. The Labute approximate surface area is 179 Å². The molecular formula is C24H22FN3O3. The van der Waals surface area contributed by atoms with E-state index in [1.54, 1.807) is 60.0 Å².